The van der Waals surface area contributed by atoms with Crippen molar-refractivity contribution in [2.45, 2.75) is 20.4 Å². The van der Waals surface area contributed by atoms with Crippen molar-refractivity contribution in [1.82, 2.24) is 0 Å². The SMILES string of the molecule is Cc1ccc(CNc2ccc(C)c(Br)c2)s1. The van der Waals surface area contributed by atoms with Gasteiger partial charge in [-0.2, -0.15) is 0 Å². The van der Waals surface area contributed by atoms with E-state index in [4.69, 9.17) is 0 Å². The topological polar surface area (TPSA) is 12.0 Å². The molecule has 1 aromatic heterocycles. The van der Waals surface area contributed by atoms with E-state index in [0.29, 0.717) is 0 Å². The molecule has 0 saturated heterocycles. The van der Waals surface area contributed by atoms with Crippen LogP contribution in [0.5, 0.6) is 0 Å². The smallest absolute Gasteiger partial charge is 0.0494 e. The fraction of sp³-hybridized carbons (Fsp3) is 0.231. The first-order valence-corrected chi connectivity index (χ1v) is 6.81. The first-order chi connectivity index (χ1) is 7.65. The van der Waals surface area contributed by atoms with Gasteiger partial charge in [-0.1, -0.05) is 22.0 Å². The Morgan fingerprint density at radius 2 is 2.00 bits per heavy atom. The van der Waals surface area contributed by atoms with Crippen molar-refractivity contribution in [1.29, 1.82) is 0 Å². The Hall–Kier alpha value is -0.800. The van der Waals surface area contributed by atoms with Crippen LogP contribution in [0.1, 0.15) is 15.3 Å². The lowest BCUT2D eigenvalue weighted by molar-refractivity contribution is 1.19. The minimum atomic E-state index is 0.897. The van der Waals surface area contributed by atoms with Gasteiger partial charge in [0.2, 0.25) is 0 Å². The lowest BCUT2D eigenvalue weighted by Gasteiger charge is -2.06. The molecule has 0 unspecified atom stereocenters. The van der Waals surface area contributed by atoms with Gasteiger partial charge >= 0.3 is 0 Å². The first kappa shape index (κ1) is 11.7. The highest BCUT2D eigenvalue weighted by molar-refractivity contribution is 9.10. The quantitative estimate of drug-likeness (QED) is 0.862. The summed E-state index contributed by atoms with van der Waals surface area (Å²) in [6.07, 6.45) is 0. The molecule has 0 aliphatic carbocycles. The van der Waals surface area contributed by atoms with Gasteiger partial charge < -0.3 is 5.32 Å². The third-order valence-electron chi connectivity index (χ3n) is 2.43. The Bertz CT molecular complexity index is 490. The molecular formula is C13H14BrNS. The summed E-state index contributed by atoms with van der Waals surface area (Å²) in [5.74, 6) is 0. The maximum Gasteiger partial charge on any atom is 0.0494 e. The maximum atomic E-state index is 3.54. The standard InChI is InChI=1S/C13H14BrNS/c1-9-3-5-11(7-13(9)14)15-8-12-6-4-10(2)16-12/h3-7,15H,8H2,1-2H3. The summed E-state index contributed by atoms with van der Waals surface area (Å²) in [6.45, 7) is 5.13. The molecule has 1 aromatic carbocycles. The van der Waals surface area contributed by atoms with Crippen LogP contribution in [-0.2, 0) is 6.54 Å². The first-order valence-electron chi connectivity index (χ1n) is 5.20. The molecule has 0 amide bonds. The second-order valence-electron chi connectivity index (χ2n) is 3.83. The van der Waals surface area contributed by atoms with Crippen molar-refractivity contribution >= 4 is 33.0 Å². The molecule has 2 aromatic rings. The Labute approximate surface area is 109 Å². The molecule has 3 heteroatoms. The summed E-state index contributed by atoms with van der Waals surface area (Å²) in [5, 5.41) is 3.42. The molecule has 1 heterocycles. The number of benzene rings is 1. The van der Waals surface area contributed by atoms with Gasteiger partial charge in [-0.05, 0) is 43.7 Å². The molecule has 16 heavy (non-hydrogen) atoms. The Morgan fingerprint density at radius 3 is 2.62 bits per heavy atom. The maximum absolute atomic E-state index is 3.54. The van der Waals surface area contributed by atoms with Crippen LogP contribution in [-0.4, -0.2) is 0 Å². The Kier molecular flexibility index (Phi) is 3.66. The predicted molar refractivity (Wildman–Crippen MR) is 75.3 cm³/mol. The van der Waals surface area contributed by atoms with E-state index in [1.54, 1.807) is 0 Å². The molecule has 0 spiro atoms. The highest BCUT2D eigenvalue weighted by Crippen LogP contribution is 2.22. The van der Waals surface area contributed by atoms with Gasteiger partial charge in [0.15, 0.2) is 0 Å². The Morgan fingerprint density at radius 1 is 1.19 bits per heavy atom. The third kappa shape index (κ3) is 2.86. The van der Waals surface area contributed by atoms with Gasteiger partial charge in [0.25, 0.3) is 0 Å². The summed E-state index contributed by atoms with van der Waals surface area (Å²) in [5.41, 5.74) is 2.42. The van der Waals surface area contributed by atoms with Gasteiger partial charge in [0, 0.05) is 26.5 Å². The second kappa shape index (κ2) is 5.02. The molecule has 0 aliphatic rings. The molecule has 0 saturated carbocycles. The van der Waals surface area contributed by atoms with Crippen LogP contribution in [0.4, 0.5) is 5.69 Å². The van der Waals surface area contributed by atoms with Crippen LogP contribution in [0.15, 0.2) is 34.8 Å². The number of thiophene rings is 1. The van der Waals surface area contributed by atoms with Crippen molar-refractivity contribution in [3.05, 3.63) is 50.1 Å². The largest absolute Gasteiger partial charge is 0.380 e. The molecule has 0 atom stereocenters. The van der Waals surface area contributed by atoms with E-state index in [-0.39, 0.29) is 0 Å². The lowest BCUT2D eigenvalue weighted by Crippen LogP contribution is -1.97. The molecule has 0 aliphatic heterocycles. The van der Waals surface area contributed by atoms with Gasteiger partial charge in [-0.25, -0.2) is 0 Å². The van der Waals surface area contributed by atoms with E-state index >= 15 is 0 Å². The van der Waals surface area contributed by atoms with Crippen molar-refractivity contribution in [3.8, 4) is 0 Å². The number of aryl methyl sites for hydroxylation is 2. The van der Waals surface area contributed by atoms with Crippen molar-refractivity contribution in [2.24, 2.45) is 0 Å². The number of rotatable bonds is 3. The number of hydrogen-bond acceptors (Lipinski definition) is 2. The minimum absolute atomic E-state index is 0.897. The normalized spacial score (nSPS) is 10.4. The van der Waals surface area contributed by atoms with Crippen LogP contribution < -0.4 is 5.32 Å². The fourth-order valence-corrected chi connectivity index (χ4v) is 2.68. The fourth-order valence-electron chi connectivity index (χ4n) is 1.47. The third-order valence-corrected chi connectivity index (χ3v) is 4.29. The number of nitrogens with one attached hydrogen (secondary N) is 1. The van der Waals surface area contributed by atoms with Crippen molar-refractivity contribution in [2.75, 3.05) is 5.32 Å². The van der Waals surface area contributed by atoms with Gasteiger partial charge in [-0.15, -0.1) is 11.3 Å². The summed E-state index contributed by atoms with van der Waals surface area (Å²) in [7, 11) is 0. The molecular weight excluding hydrogens is 282 g/mol. The van der Waals surface area contributed by atoms with Crippen molar-refractivity contribution < 1.29 is 0 Å². The zero-order chi connectivity index (χ0) is 11.5. The number of hydrogen-bond donors (Lipinski definition) is 1. The van der Waals surface area contributed by atoms with Crippen molar-refractivity contribution in [3.63, 3.8) is 0 Å². The highest BCUT2D eigenvalue weighted by Gasteiger charge is 1.99. The minimum Gasteiger partial charge on any atom is -0.380 e. The summed E-state index contributed by atoms with van der Waals surface area (Å²) >= 11 is 5.38. The van der Waals surface area contributed by atoms with E-state index in [0.717, 1.165) is 16.7 Å². The molecule has 0 fully saturated rings. The summed E-state index contributed by atoms with van der Waals surface area (Å²) in [6, 6.07) is 10.7. The highest BCUT2D eigenvalue weighted by atomic mass is 79.9. The van der Waals surface area contributed by atoms with E-state index < -0.39 is 0 Å². The number of halogens is 1. The lowest BCUT2D eigenvalue weighted by atomic mass is 10.2. The van der Waals surface area contributed by atoms with Crippen LogP contribution in [0.3, 0.4) is 0 Å². The van der Waals surface area contributed by atoms with Gasteiger partial charge in [-0.3, -0.25) is 0 Å². The van der Waals surface area contributed by atoms with E-state index in [2.05, 4.69) is 65.4 Å². The molecule has 0 radical (unpaired) electrons. The summed E-state index contributed by atoms with van der Waals surface area (Å²) < 4.78 is 1.15. The van der Waals surface area contributed by atoms with Crippen LogP contribution >= 0.6 is 27.3 Å². The van der Waals surface area contributed by atoms with Crippen LogP contribution in [0.2, 0.25) is 0 Å². The Balaban J connectivity index is 2.02. The van der Waals surface area contributed by atoms with Gasteiger partial charge in [0.05, 0.1) is 0 Å². The average molecular weight is 296 g/mol. The van der Waals surface area contributed by atoms with Gasteiger partial charge in [0.1, 0.15) is 0 Å². The monoisotopic (exact) mass is 295 g/mol. The van der Waals surface area contributed by atoms with E-state index in [1.165, 1.54) is 15.3 Å². The van der Waals surface area contributed by atoms with Crippen LogP contribution in [0.25, 0.3) is 0 Å². The molecule has 0 bridgehead atoms. The zero-order valence-electron chi connectivity index (χ0n) is 9.38. The molecule has 2 rings (SSSR count). The summed E-state index contributed by atoms with van der Waals surface area (Å²) in [4.78, 5) is 2.73. The van der Waals surface area contributed by atoms with E-state index in [9.17, 15) is 0 Å². The second-order valence-corrected chi connectivity index (χ2v) is 6.06. The average Bonchev–Trinajstić information content (AvgIpc) is 2.66. The molecule has 1 N–H and O–H groups in total. The predicted octanol–water partition coefficient (Wildman–Crippen LogP) is 4.74. The zero-order valence-corrected chi connectivity index (χ0v) is 11.8. The molecule has 84 valence electrons. The van der Waals surface area contributed by atoms with E-state index in [1.807, 2.05) is 11.3 Å². The van der Waals surface area contributed by atoms with Crippen LogP contribution in [0, 0.1) is 13.8 Å². The number of anilines is 1. The molecule has 1 nitrogen and oxygen atoms in total.